The van der Waals surface area contributed by atoms with Gasteiger partial charge in [0, 0.05) is 24.7 Å². The van der Waals surface area contributed by atoms with Crippen molar-refractivity contribution in [1.82, 2.24) is 14.9 Å². The lowest BCUT2D eigenvalue weighted by Crippen LogP contribution is -2.29. The van der Waals surface area contributed by atoms with Gasteiger partial charge in [0.25, 0.3) is 5.91 Å². The molecule has 0 aromatic heterocycles. The van der Waals surface area contributed by atoms with E-state index < -0.39 is 10.0 Å². The van der Waals surface area contributed by atoms with Gasteiger partial charge in [-0.25, -0.2) is 13.1 Å². The van der Waals surface area contributed by atoms with E-state index in [2.05, 4.69) is 34.1 Å². The average molecular weight is 416 g/mol. The fourth-order valence-electron chi connectivity index (χ4n) is 3.12. The Bertz CT molecular complexity index is 941. The number of rotatable bonds is 10. The van der Waals surface area contributed by atoms with E-state index in [9.17, 15) is 13.2 Å². The third-order valence-corrected chi connectivity index (χ3v) is 6.48. The van der Waals surface area contributed by atoms with Gasteiger partial charge in [0.2, 0.25) is 10.0 Å². The molecule has 0 heterocycles. The summed E-state index contributed by atoms with van der Waals surface area (Å²) < 4.78 is 27.5. The smallest absolute Gasteiger partial charge is 0.251 e. The molecule has 2 N–H and O–H groups in total. The number of nitrogens with one attached hydrogen (secondary N) is 2. The Morgan fingerprint density at radius 3 is 2.55 bits per heavy atom. The molecule has 1 amide bonds. The molecular formula is C22H29N3O3S. The van der Waals surface area contributed by atoms with Crippen molar-refractivity contribution >= 4 is 15.9 Å². The molecule has 0 spiro atoms. The third kappa shape index (κ3) is 6.39. The molecule has 1 saturated carbocycles. The number of nitrogens with zero attached hydrogens (tertiary/aromatic N) is 1. The van der Waals surface area contributed by atoms with Gasteiger partial charge in [-0.1, -0.05) is 36.4 Å². The maximum atomic E-state index is 12.6. The Hall–Kier alpha value is -2.22. The summed E-state index contributed by atoms with van der Waals surface area (Å²) in [5.41, 5.74) is 2.42. The molecule has 156 valence electrons. The number of hydrogen-bond acceptors (Lipinski definition) is 4. The highest BCUT2D eigenvalue weighted by Crippen LogP contribution is 2.23. The molecule has 1 fully saturated rings. The van der Waals surface area contributed by atoms with Crippen molar-refractivity contribution in [2.45, 2.75) is 43.7 Å². The van der Waals surface area contributed by atoms with E-state index in [0.717, 1.165) is 37.9 Å². The molecule has 0 atom stereocenters. The predicted molar refractivity (Wildman–Crippen MR) is 114 cm³/mol. The fraction of sp³-hybridized carbons (Fsp3) is 0.409. The highest BCUT2D eigenvalue weighted by molar-refractivity contribution is 7.89. The lowest BCUT2D eigenvalue weighted by molar-refractivity contribution is 0.0951. The van der Waals surface area contributed by atoms with Crippen LogP contribution in [-0.4, -0.2) is 45.4 Å². The van der Waals surface area contributed by atoms with Crippen molar-refractivity contribution in [2.24, 2.45) is 0 Å². The van der Waals surface area contributed by atoms with Gasteiger partial charge < -0.3 is 10.2 Å². The van der Waals surface area contributed by atoms with Crippen LogP contribution in [0.1, 0.15) is 40.7 Å². The van der Waals surface area contributed by atoms with Gasteiger partial charge in [-0.2, -0.15) is 0 Å². The Balaban J connectivity index is 1.50. The quantitative estimate of drug-likeness (QED) is 0.585. The summed E-state index contributed by atoms with van der Waals surface area (Å²) in [7, 11) is -1.52. The lowest BCUT2D eigenvalue weighted by atomic mass is 10.1. The first-order valence-corrected chi connectivity index (χ1v) is 11.5. The molecule has 0 aliphatic heterocycles. The van der Waals surface area contributed by atoms with Crippen LogP contribution in [0.25, 0.3) is 0 Å². The van der Waals surface area contributed by atoms with Crippen LogP contribution in [0, 0.1) is 6.92 Å². The number of sulfonamides is 1. The highest BCUT2D eigenvalue weighted by atomic mass is 32.2. The monoisotopic (exact) mass is 415 g/mol. The minimum absolute atomic E-state index is 0.0338. The molecule has 0 saturated heterocycles. The molecule has 1 aliphatic rings. The van der Waals surface area contributed by atoms with Crippen molar-refractivity contribution in [1.29, 1.82) is 0 Å². The number of aryl methyl sites for hydroxylation is 1. The van der Waals surface area contributed by atoms with Crippen molar-refractivity contribution in [3.8, 4) is 0 Å². The van der Waals surface area contributed by atoms with Gasteiger partial charge in [-0.05, 0) is 63.0 Å². The number of hydrogen-bond donors (Lipinski definition) is 2. The SMILES string of the molecule is Cc1ccc(S(=O)(=O)NC2CC2)cc1C(=O)NCCCN(C)Cc1ccccc1. The molecule has 0 radical (unpaired) electrons. The van der Waals surface area contributed by atoms with Crippen molar-refractivity contribution < 1.29 is 13.2 Å². The molecule has 29 heavy (non-hydrogen) atoms. The molecule has 0 unspecified atom stereocenters. The molecule has 6 nitrogen and oxygen atoms in total. The minimum Gasteiger partial charge on any atom is -0.352 e. The first-order valence-electron chi connectivity index (χ1n) is 9.99. The van der Waals surface area contributed by atoms with Crippen LogP contribution >= 0.6 is 0 Å². The lowest BCUT2D eigenvalue weighted by Gasteiger charge is -2.17. The van der Waals surface area contributed by atoms with Crippen LogP contribution in [-0.2, 0) is 16.6 Å². The molecule has 7 heteroatoms. The fourth-order valence-corrected chi connectivity index (χ4v) is 4.45. The summed E-state index contributed by atoms with van der Waals surface area (Å²) >= 11 is 0. The Morgan fingerprint density at radius 2 is 1.86 bits per heavy atom. The summed E-state index contributed by atoms with van der Waals surface area (Å²) in [4.78, 5) is 14.9. The van der Waals surface area contributed by atoms with Crippen LogP contribution in [0.3, 0.4) is 0 Å². The maximum absolute atomic E-state index is 12.6. The summed E-state index contributed by atoms with van der Waals surface area (Å²) in [5.74, 6) is -0.239. The molecule has 1 aliphatic carbocycles. The van der Waals surface area contributed by atoms with Crippen LogP contribution in [0.4, 0.5) is 0 Å². The zero-order valence-electron chi connectivity index (χ0n) is 17.0. The van der Waals surface area contributed by atoms with Crippen LogP contribution in [0.5, 0.6) is 0 Å². The summed E-state index contributed by atoms with van der Waals surface area (Å²) in [5, 5.41) is 2.91. The number of amides is 1. The van der Waals surface area contributed by atoms with E-state index in [1.807, 2.05) is 25.1 Å². The first-order chi connectivity index (χ1) is 13.8. The summed E-state index contributed by atoms with van der Waals surface area (Å²) in [6.07, 6.45) is 2.56. The van der Waals surface area contributed by atoms with E-state index in [-0.39, 0.29) is 16.8 Å². The number of carbonyl (C=O) groups excluding carboxylic acids is 1. The zero-order chi connectivity index (χ0) is 20.9. The largest absolute Gasteiger partial charge is 0.352 e. The molecular weight excluding hydrogens is 386 g/mol. The van der Waals surface area contributed by atoms with E-state index in [1.54, 1.807) is 12.1 Å². The van der Waals surface area contributed by atoms with Crippen molar-refractivity contribution in [2.75, 3.05) is 20.1 Å². The molecule has 0 bridgehead atoms. The van der Waals surface area contributed by atoms with Crippen LogP contribution in [0.15, 0.2) is 53.4 Å². The van der Waals surface area contributed by atoms with Gasteiger partial charge in [0.05, 0.1) is 4.90 Å². The second kappa shape index (κ2) is 9.52. The van der Waals surface area contributed by atoms with Crippen LogP contribution < -0.4 is 10.0 Å². The Morgan fingerprint density at radius 1 is 1.14 bits per heavy atom. The Kier molecular flexibility index (Phi) is 7.05. The van der Waals surface area contributed by atoms with Crippen LogP contribution in [0.2, 0.25) is 0 Å². The van der Waals surface area contributed by atoms with Gasteiger partial charge in [0.1, 0.15) is 0 Å². The van der Waals surface area contributed by atoms with Gasteiger partial charge in [0.15, 0.2) is 0 Å². The average Bonchev–Trinajstić information content (AvgIpc) is 3.49. The van der Waals surface area contributed by atoms with Gasteiger partial charge >= 0.3 is 0 Å². The predicted octanol–water partition coefficient (Wildman–Crippen LogP) is 2.69. The molecule has 2 aromatic rings. The molecule has 2 aromatic carbocycles. The van der Waals surface area contributed by atoms with E-state index in [4.69, 9.17) is 0 Å². The third-order valence-electron chi connectivity index (χ3n) is 4.96. The second-order valence-electron chi connectivity index (χ2n) is 7.71. The second-order valence-corrected chi connectivity index (χ2v) is 9.42. The zero-order valence-corrected chi connectivity index (χ0v) is 17.8. The van der Waals surface area contributed by atoms with E-state index in [0.29, 0.717) is 12.1 Å². The normalized spacial score (nSPS) is 14.2. The van der Waals surface area contributed by atoms with Crippen molar-refractivity contribution in [3.05, 3.63) is 65.2 Å². The number of benzene rings is 2. The van der Waals surface area contributed by atoms with Gasteiger partial charge in [-0.15, -0.1) is 0 Å². The van der Waals surface area contributed by atoms with Crippen molar-refractivity contribution in [3.63, 3.8) is 0 Å². The number of carbonyl (C=O) groups is 1. The summed E-state index contributed by atoms with van der Waals surface area (Å²) in [6.45, 7) is 4.07. The first kappa shape index (κ1) is 21.5. The van der Waals surface area contributed by atoms with E-state index in [1.165, 1.54) is 11.6 Å². The highest BCUT2D eigenvalue weighted by Gasteiger charge is 2.28. The topological polar surface area (TPSA) is 78.5 Å². The standard InChI is InChI=1S/C22H29N3O3S/c1-17-9-12-20(29(27,28)24-19-10-11-19)15-21(17)22(26)23-13-6-14-25(2)16-18-7-4-3-5-8-18/h3-5,7-9,12,15,19,24H,6,10-11,13-14,16H2,1-2H3,(H,23,26). The summed E-state index contributed by atoms with van der Waals surface area (Å²) in [6, 6.07) is 15.0. The Labute approximate surface area is 173 Å². The molecule has 3 rings (SSSR count). The van der Waals surface area contributed by atoms with Gasteiger partial charge in [-0.3, -0.25) is 4.79 Å². The van der Waals surface area contributed by atoms with E-state index >= 15 is 0 Å². The minimum atomic E-state index is -3.57. The maximum Gasteiger partial charge on any atom is 0.251 e.